The molecule has 0 bridgehead atoms. The van der Waals surface area contributed by atoms with Crippen LogP contribution in [0.1, 0.15) is 20.3 Å². The Balaban J connectivity index is 3.36. The summed E-state index contributed by atoms with van der Waals surface area (Å²) in [5.41, 5.74) is -1.40. The van der Waals surface area contributed by atoms with E-state index in [0.29, 0.717) is 0 Å². The molecule has 0 aromatic carbocycles. The van der Waals surface area contributed by atoms with Crippen LogP contribution in [0, 0.1) is 5.41 Å². The smallest absolute Gasteiger partial charge is 0.222 e. The lowest BCUT2D eigenvalue weighted by molar-refractivity contribution is -0.132. The van der Waals surface area contributed by atoms with E-state index in [-0.39, 0.29) is 23.3 Å². The van der Waals surface area contributed by atoms with Gasteiger partial charge in [-0.2, -0.15) is 0 Å². The highest BCUT2D eigenvalue weighted by Gasteiger charge is 2.45. The van der Waals surface area contributed by atoms with Crippen LogP contribution in [0.3, 0.4) is 0 Å². The molecule has 106 valence electrons. The molecule has 0 heterocycles. The summed E-state index contributed by atoms with van der Waals surface area (Å²) < 4.78 is 22.0. The molecule has 1 aliphatic rings. The van der Waals surface area contributed by atoms with Gasteiger partial charge in [0.25, 0.3) is 0 Å². The summed E-state index contributed by atoms with van der Waals surface area (Å²) in [6, 6.07) is 0. The van der Waals surface area contributed by atoms with Crippen molar-refractivity contribution in [1.82, 2.24) is 0 Å². The number of carbonyl (C=O) groups is 2. The molecule has 19 heavy (non-hydrogen) atoms. The number of nitrogens with two attached hydrogens (primary N) is 1. The van der Waals surface area contributed by atoms with Crippen molar-refractivity contribution >= 4 is 37.5 Å². The SMILES string of the molecule is CCC1(S(N)(=O)=O)C=CC(C(C)=O)(C(=O)CBr)C=C1. The average Bonchev–Trinajstić information content (AvgIpc) is 2.36. The monoisotopic (exact) mass is 349 g/mol. The van der Waals surface area contributed by atoms with Crippen LogP contribution in [0.15, 0.2) is 24.3 Å². The lowest BCUT2D eigenvalue weighted by atomic mass is 9.75. The third-order valence-corrected chi connectivity index (χ3v) is 5.63. The van der Waals surface area contributed by atoms with Gasteiger partial charge in [-0.15, -0.1) is 0 Å². The molecule has 0 aliphatic heterocycles. The maximum atomic E-state index is 11.9. The predicted molar refractivity (Wildman–Crippen MR) is 76.3 cm³/mol. The van der Waals surface area contributed by atoms with Gasteiger partial charge in [-0.05, 0) is 13.3 Å². The first-order chi connectivity index (χ1) is 8.65. The van der Waals surface area contributed by atoms with Crippen LogP contribution in [0.4, 0.5) is 0 Å². The van der Waals surface area contributed by atoms with E-state index < -0.39 is 20.2 Å². The molecule has 0 aromatic heterocycles. The summed E-state index contributed by atoms with van der Waals surface area (Å²) in [5, 5.41) is 5.23. The third kappa shape index (κ3) is 2.59. The van der Waals surface area contributed by atoms with Crippen LogP contribution in [-0.2, 0) is 19.6 Å². The second kappa shape index (κ2) is 5.30. The quantitative estimate of drug-likeness (QED) is 0.456. The van der Waals surface area contributed by atoms with E-state index in [1.165, 1.54) is 31.2 Å². The van der Waals surface area contributed by atoms with Crippen molar-refractivity contribution in [2.75, 3.05) is 5.33 Å². The number of ketones is 2. The van der Waals surface area contributed by atoms with Crippen molar-refractivity contribution in [3.63, 3.8) is 0 Å². The Labute approximate surface area is 121 Å². The maximum absolute atomic E-state index is 11.9. The molecule has 0 radical (unpaired) electrons. The summed E-state index contributed by atoms with van der Waals surface area (Å²) in [4.78, 5) is 23.7. The van der Waals surface area contributed by atoms with Gasteiger partial charge >= 0.3 is 0 Å². The van der Waals surface area contributed by atoms with E-state index in [9.17, 15) is 18.0 Å². The zero-order valence-corrected chi connectivity index (χ0v) is 13.1. The zero-order valence-electron chi connectivity index (χ0n) is 10.7. The first-order valence-corrected chi connectivity index (χ1v) is 8.35. The number of hydrogen-bond donors (Lipinski definition) is 1. The van der Waals surface area contributed by atoms with E-state index in [2.05, 4.69) is 15.9 Å². The standard InChI is InChI=1S/C12H16BrNO4S/c1-3-11(19(14,17)18)4-6-12(7-5-11,9(2)15)10(16)8-13/h4-7H,3,8H2,1-2H3,(H2,14,17,18). The second-order valence-corrected chi connectivity index (χ2v) is 6.91. The average molecular weight is 350 g/mol. The summed E-state index contributed by atoms with van der Waals surface area (Å²) >= 11 is 3.03. The Morgan fingerprint density at radius 3 is 1.95 bits per heavy atom. The Morgan fingerprint density at radius 2 is 1.68 bits per heavy atom. The maximum Gasteiger partial charge on any atom is 0.222 e. The summed E-state index contributed by atoms with van der Waals surface area (Å²) in [6.45, 7) is 2.97. The molecule has 0 saturated carbocycles. The Bertz CT molecular complexity index is 548. The minimum Gasteiger partial charge on any atom is -0.298 e. The minimum atomic E-state index is -3.85. The van der Waals surface area contributed by atoms with Gasteiger partial charge in [-0.3, -0.25) is 9.59 Å². The number of primary sulfonamides is 1. The minimum absolute atomic E-state index is 0.00968. The van der Waals surface area contributed by atoms with Crippen LogP contribution in [0.2, 0.25) is 0 Å². The van der Waals surface area contributed by atoms with Crippen LogP contribution < -0.4 is 5.14 Å². The van der Waals surface area contributed by atoms with Gasteiger partial charge < -0.3 is 0 Å². The van der Waals surface area contributed by atoms with Crippen molar-refractivity contribution in [3.05, 3.63) is 24.3 Å². The molecule has 0 saturated heterocycles. The first-order valence-electron chi connectivity index (χ1n) is 5.68. The predicted octanol–water partition coefficient (Wildman–Crippen LogP) is 1.09. The molecule has 1 rings (SSSR count). The molecule has 0 aromatic rings. The number of allylic oxidation sites excluding steroid dienone is 2. The second-order valence-electron chi connectivity index (χ2n) is 4.50. The fourth-order valence-corrected chi connectivity index (χ4v) is 3.39. The molecule has 0 fully saturated rings. The van der Waals surface area contributed by atoms with Gasteiger partial charge in [0.05, 0.1) is 5.33 Å². The summed E-state index contributed by atoms with van der Waals surface area (Å²) in [6.07, 6.45) is 5.59. The van der Waals surface area contributed by atoms with Crippen LogP contribution in [0.25, 0.3) is 0 Å². The molecule has 7 heteroatoms. The van der Waals surface area contributed by atoms with E-state index in [1.54, 1.807) is 6.92 Å². The molecule has 1 aliphatic carbocycles. The van der Waals surface area contributed by atoms with Crippen molar-refractivity contribution in [1.29, 1.82) is 0 Å². The van der Waals surface area contributed by atoms with E-state index in [4.69, 9.17) is 5.14 Å². The topological polar surface area (TPSA) is 94.3 Å². The molecule has 0 atom stereocenters. The molecule has 2 N–H and O–H groups in total. The summed E-state index contributed by atoms with van der Waals surface area (Å²) in [7, 11) is -3.85. The number of sulfonamides is 1. The third-order valence-electron chi connectivity index (χ3n) is 3.50. The van der Waals surface area contributed by atoms with Gasteiger partial charge in [0.2, 0.25) is 10.0 Å². The molecular weight excluding hydrogens is 334 g/mol. The summed E-state index contributed by atoms with van der Waals surface area (Å²) in [5.74, 6) is -0.699. The Morgan fingerprint density at radius 1 is 1.21 bits per heavy atom. The highest BCUT2D eigenvalue weighted by atomic mass is 79.9. The Hall–Kier alpha value is -0.790. The van der Waals surface area contributed by atoms with Crippen molar-refractivity contribution in [3.8, 4) is 0 Å². The van der Waals surface area contributed by atoms with Gasteiger partial charge in [0.1, 0.15) is 10.2 Å². The number of rotatable bonds is 5. The molecule has 0 unspecified atom stereocenters. The fourth-order valence-electron chi connectivity index (χ4n) is 2.01. The zero-order chi connectivity index (χ0) is 14.9. The van der Waals surface area contributed by atoms with Gasteiger partial charge in [0, 0.05) is 0 Å². The molecule has 0 amide bonds. The number of halogens is 1. The van der Waals surface area contributed by atoms with Crippen molar-refractivity contribution in [2.24, 2.45) is 10.6 Å². The van der Waals surface area contributed by atoms with Crippen LogP contribution in [0.5, 0.6) is 0 Å². The molecular formula is C12H16BrNO4S. The number of alkyl halides is 1. The highest BCUT2D eigenvalue weighted by molar-refractivity contribution is 9.09. The largest absolute Gasteiger partial charge is 0.298 e. The van der Waals surface area contributed by atoms with E-state index in [1.807, 2.05) is 0 Å². The van der Waals surface area contributed by atoms with Gasteiger partial charge in [-0.1, -0.05) is 47.2 Å². The van der Waals surface area contributed by atoms with Crippen molar-refractivity contribution in [2.45, 2.75) is 25.0 Å². The van der Waals surface area contributed by atoms with Crippen LogP contribution >= 0.6 is 15.9 Å². The van der Waals surface area contributed by atoms with Crippen LogP contribution in [-0.4, -0.2) is 30.1 Å². The number of Topliss-reactive ketones (excluding diaryl/α,β-unsaturated/α-hetero) is 2. The number of carbonyl (C=O) groups excluding carboxylic acids is 2. The number of hydrogen-bond acceptors (Lipinski definition) is 4. The lowest BCUT2D eigenvalue weighted by Crippen LogP contribution is -2.45. The fraction of sp³-hybridized carbons (Fsp3) is 0.500. The van der Waals surface area contributed by atoms with E-state index in [0.717, 1.165) is 0 Å². The lowest BCUT2D eigenvalue weighted by Gasteiger charge is -2.32. The first kappa shape index (κ1) is 16.3. The van der Waals surface area contributed by atoms with Gasteiger partial charge in [-0.25, -0.2) is 13.6 Å². The Kier molecular flexibility index (Phi) is 4.54. The van der Waals surface area contributed by atoms with Crippen molar-refractivity contribution < 1.29 is 18.0 Å². The molecule has 0 spiro atoms. The van der Waals surface area contributed by atoms with E-state index >= 15 is 0 Å². The normalized spacial score (nSPS) is 30.3. The highest BCUT2D eigenvalue weighted by Crippen LogP contribution is 2.36. The van der Waals surface area contributed by atoms with Gasteiger partial charge in [0.15, 0.2) is 11.6 Å². The molecule has 5 nitrogen and oxygen atoms in total.